The van der Waals surface area contributed by atoms with Gasteiger partial charge >= 0.3 is 10.2 Å². The standard InChI is InChI=1S/C12H15N3O3S/c1-9-11-5-4-10(8-12(11)18-13-9)14-19(16,17)15-6-2-3-7-15/h4-5,8,14H,2-3,6-7H2,1H3. The number of fused-ring (bicyclic) bond motifs is 1. The summed E-state index contributed by atoms with van der Waals surface area (Å²) in [5, 5.41) is 4.74. The highest BCUT2D eigenvalue weighted by molar-refractivity contribution is 7.90. The maximum absolute atomic E-state index is 12.1. The molecule has 1 N–H and O–H groups in total. The van der Waals surface area contributed by atoms with Crippen LogP contribution >= 0.6 is 0 Å². The summed E-state index contributed by atoms with van der Waals surface area (Å²) < 4.78 is 33.4. The van der Waals surface area contributed by atoms with E-state index < -0.39 is 10.2 Å². The van der Waals surface area contributed by atoms with Crippen LogP contribution in [0.25, 0.3) is 11.0 Å². The molecule has 1 saturated heterocycles. The van der Waals surface area contributed by atoms with E-state index in [1.807, 2.05) is 13.0 Å². The monoisotopic (exact) mass is 281 g/mol. The largest absolute Gasteiger partial charge is 0.356 e. The van der Waals surface area contributed by atoms with E-state index in [-0.39, 0.29) is 0 Å². The lowest BCUT2D eigenvalue weighted by atomic mass is 10.2. The number of nitrogens with zero attached hydrogens (tertiary/aromatic N) is 2. The van der Waals surface area contributed by atoms with Gasteiger partial charge in [-0.25, -0.2) is 0 Å². The van der Waals surface area contributed by atoms with Gasteiger partial charge in [0.15, 0.2) is 5.58 Å². The summed E-state index contributed by atoms with van der Waals surface area (Å²) >= 11 is 0. The van der Waals surface area contributed by atoms with E-state index in [1.54, 1.807) is 12.1 Å². The topological polar surface area (TPSA) is 75.4 Å². The molecule has 0 amide bonds. The molecule has 3 rings (SSSR count). The quantitative estimate of drug-likeness (QED) is 0.932. The molecule has 1 aromatic carbocycles. The minimum Gasteiger partial charge on any atom is -0.356 e. The summed E-state index contributed by atoms with van der Waals surface area (Å²) in [5.41, 5.74) is 1.87. The highest BCUT2D eigenvalue weighted by atomic mass is 32.2. The Morgan fingerprint density at radius 3 is 2.79 bits per heavy atom. The maximum atomic E-state index is 12.1. The van der Waals surface area contributed by atoms with Crippen molar-refractivity contribution in [3.05, 3.63) is 23.9 Å². The van der Waals surface area contributed by atoms with Crippen LogP contribution in [0.1, 0.15) is 18.5 Å². The van der Waals surface area contributed by atoms with Gasteiger partial charge in [0.1, 0.15) is 0 Å². The lowest BCUT2D eigenvalue weighted by molar-refractivity contribution is 0.450. The molecule has 19 heavy (non-hydrogen) atoms. The van der Waals surface area contributed by atoms with Crippen molar-refractivity contribution in [1.29, 1.82) is 0 Å². The van der Waals surface area contributed by atoms with Crippen molar-refractivity contribution in [2.75, 3.05) is 17.8 Å². The number of aromatic nitrogens is 1. The molecule has 0 spiro atoms. The van der Waals surface area contributed by atoms with Crippen LogP contribution in [-0.4, -0.2) is 31.0 Å². The Morgan fingerprint density at radius 1 is 1.32 bits per heavy atom. The molecular formula is C12H15N3O3S. The minimum atomic E-state index is -3.45. The second-order valence-corrected chi connectivity index (χ2v) is 6.36. The number of anilines is 1. The van der Waals surface area contributed by atoms with Gasteiger partial charge in [-0.3, -0.25) is 4.72 Å². The lowest BCUT2D eigenvalue weighted by Gasteiger charge is -2.16. The number of rotatable bonds is 3. The van der Waals surface area contributed by atoms with E-state index in [2.05, 4.69) is 9.88 Å². The van der Waals surface area contributed by atoms with Gasteiger partial charge in [0.25, 0.3) is 0 Å². The first kappa shape index (κ1) is 12.4. The van der Waals surface area contributed by atoms with Gasteiger partial charge in [0.2, 0.25) is 0 Å². The van der Waals surface area contributed by atoms with Crippen molar-refractivity contribution >= 4 is 26.9 Å². The average Bonchev–Trinajstić information content (AvgIpc) is 2.99. The molecule has 102 valence electrons. The zero-order valence-corrected chi connectivity index (χ0v) is 11.4. The van der Waals surface area contributed by atoms with E-state index in [0.29, 0.717) is 24.4 Å². The minimum absolute atomic E-state index is 0.496. The molecule has 2 aromatic rings. The molecular weight excluding hydrogens is 266 g/mol. The number of nitrogens with one attached hydrogen (secondary N) is 1. The van der Waals surface area contributed by atoms with Crippen LogP contribution in [-0.2, 0) is 10.2 Å². The Bertz CT molecular complexity index is 702. The Labute approximate surface area is 111 Å². The summed E-state index contributed by atoms with van der Waals surface area (Å²) in [6.07, 6.45) is 1.84. The van der Waals surface area contributed by atoms with E-state index >= 15 is 0 Å². The van der Waals surface area contributed by atoms with Gasteiger partial charge in [-0.05, 0) is 31.9 Å². The fraction of sp³-hybridized carbons (Fsp3) is 0.417. The Hall–Kier alpha value is -1.60. The summed E-state index contributed by atoms with van der Waals surface area (Å²) in [5.74, 6) is 0. The van der Waals surface area contributed by atoms with Gasteiger partial charge in [0, 0.05) is 24.5 Å². The van der Waals surface area contributed by atoms with Crippen molar-refractivity contribution in [3.63, 3.8) is 0 Å². The first-order valence-corrected chi connectivity index (χ1v) is 7.64. The fourth-order valence-electron chi connectivity index (χ4n) is 2.27. The number of hydrogen-bond donors (Lipinski definition) is 1. The Kier molecular flexibility index (Phi) is 2.94. The Balaban J connectivity index is 1.88. The first-order valence-electron chi connectivity index (χ1n) is 6.20. The Morgan fingerprint density at radius 2 is 2.05 bits per heavy atom. The van der Waals surface area contributed by atoms with Crippen molar-refractivity contribution in [3.8, 4) is 0 Å². The fourth-order valence-corrected chi connectivity index (χ4v) is 3.56. The summed E-state index contributed by atoms with van der Waals surface area (Å²) in [6, 6.07) is 5.19. The molecule has 1 aromatic heterocycles. The molecule has 1 aliphatic heterocycles. The van der Waals surface area contributed by atoms with Crippen LogP contribution < -0.4 is 4.72 Å². The van der Waals surface area contributed by atoms with E-state index in [0.717, 1.165) is 23.9 Å². The van der Waals surface area contributed by atoms with Crippen LogP contribution in [0, 0.1) is 6.92 Å². The normalized spacial score (nSPS) is 17.1. The molecule has 0 radical (unpaired) electrons. The molecule has 0 aliphatic carbocycles. The second kappa shape index (κ2) is 4.50. The maximum Gasteiger partial charge on any atom is 0.301 e. The van der Waals surface area contributed by atoms with Crippen LogP contribution in [0.3, 0.4) is 0 Å². The smallest absolute Gasteiger partial charge is 0.301 e. The predicted octanol–water partition coefficient (Wildman–Crippen LogP) is 1.89. The molecule has 0 unspecified atom stereocenters. The third kappa shape index (κ3) is 2.31. The molecule has 6 nitrogen and oxygen atoms in total. The third-order valence-corrected chi connectivity index (χ3v) is 4.84. The van der Waals surface area contributed by atoms with E-state index in [9.17, 15) is 8.42 Å². The number of benzene rings is 1. The van der Waals surface area contributed by atoms with Crippen LogP contribution in [0.15, 0.2) is 22.7 Å². The van der Waals surface area contributed by atoms with Crippen LogP contribution in [0.2, 0.25) is 0 Å². The zero-order chi connectivity index (χ0) is 13.5. The van der Waals surface area contributed by atoms with Gasteiger partial charge < -0.3 is 4.52 Å². The van der Waals surface area contributed by atoms with E-state index in [1.165, 1.54) is 4.31 Å². The third-order valence-electron chi connectivity index (χ3n) is 3.30. The lowest BCUT2D eigenvalue weighted by Crippen LogP contribution is -2.33. The highest BCUT2D eigenvalue weighted by Crippen LogP contribution is 2.23. The number of hydrogen-bond acceptors (Lipinski definition) is 4. The number of aryl methyl sites for hydroxylation is 1. The van der Waals surface area contributed by atoms with Gasteiger partial charge in [-0.15, -0.1) is 0 Å². The summed E-state index contributed by atoms with van der Waals surface area (Å²) in [7, 11) is -3.45. The van der Waals surface area contributed by atoms with Crippen LogP contribution in [0.5, 0.6) is 0 Å². The molecule has 0 saturated carbocycles. The van der Waals surface area contributed by atoms with E-state index in [4.69, 9.17) is 4.52 Å². The molecule has 2 heterocycles. The van der Waals surface area contributed by atoms with Crippen molar-refractivity contribution < 1.29 is 12.9 Å². The summed E-state index contributed by atoms with van der Waals surface area (Å²) in [6.45, 7) is 3.01. The molecule has 0 bridgehead atoms. The van der Waals surface area contributed by atoms with Gasteiger partial charge in [-0.2, -0.15) is 12.7 Å². The first-order chi connectivity index (χ1) is 9.06. The molecule has 1 aliphatic rings. The average molecular weight is 281 g/mol. The predicted molar refractivity (Wildman–Crippen MR) is 72.1 cm³/mol. The van der Waals surface area contributed by atoms with Gasteiger partial charge in [0.05, 0.1) is 11.4 Å². The van der Waals surface area contributed by atoms with Crippen LogP contribution in [0.4, 0.5) is 5.69 Å². The SMILES string of the molecule is Cc1noc2cc(NS(=O)(=O)N3CCCC3)ccc12. The van der Waals surface area contributed by atoms with Crippen molar-refractivity contribution in [1.82, 2.24) is 9.46 Å². The highest BCUT2D eigenvalue weighted by Gasteiger charge is 2.25. The van der Waals surface area contributed by atoms with Crippen molar-refractivity contribution in [2.45, 2.75) is 19.8 Å². The molecule has 1 fully saturated rings. The molecule has 7 heteroatoms. The summed E-state index contributed by atoms with van der Waals surface area (Å²) in [4.78, 5) is 0. The molecule has 0 atom stereocenters. The van der Waals surface area contributed by atoms with Gasteiger partial charge in [-0.1, -0.05) is 5.16 Å². The van der Waals surface area contributed by atoms with Crippen molar-refractivity contribution in [2.24, 2.45) is 0 Å². The zero-order valence-electron chi connectivity index (χ0n) is 10.6. The second-order valence-electron chi connectivity index (χ2n) is 4.69.